The Hall–Kier alpha value is -1.51. The minimum absolute atomic E-state index is 0.0380. The van der Waals surface area contributed by atoms with E-state index in [-0.39, 0.29) is 6.03 Å². The summed E-state index contributed by atoms with van der Waals surface area (Å²) in [4.78, 5) is 14.5. The number of likely N-dealkylation sites (tertiary alicyclic amines) is 1. The Kier molecular flexibility index (Phi) is 5.66. The van der Waals surface area contributed by atoms with E-state index in [0.29, 0.717) is 12.1 Å². The SMILES string of the molecule is CCCCc1ccc(NC(=O)N2[C@H](C)CCC[C@@H]2C)cc1. The van der Waals surface area contributed by atoms with Crippen LogP contribution in [0.1, 0.15) is 58.4 Å². The largest absolute Gasteiger partial charge is 0.322 e. The van der Waals surface area contributed by atoms with E-state index < -0.39 is 0 Å². The summed E-state index contributed by atoms with van der Waals surface area (Å²) >= 11 is 0. The van der Waals surface area contributed by atoms with Crippen LogP contribution in [0.2, 0.25) is 0 Å². The van der Waals surface area contributed by atoms with Gasteiger partial charge < -0.3 is 10.2 Å². The molecule has 1 aromatic rings. The molecule has 1 saturated heterocycles. The van der Waals surface area contributed by atoms with Crippen molar-refractivity contribution >= 4 is 11.7 Å². The smallest absolute Gasteiger partial charge is 0.319 e. The molecule has 0 spiro atoms. The average molecular weight is 288 g/mol. The lowest BCUT2D eigenvalue weighted by Gasteiger charge is -2.38. The zero-order chi connectivity index (χ0) is 15.2. The number of nitrogens with zero attached hydrogens (tertiary/aromatic N) is 1. The van der Waals surface area contributed by atoms with Crippen molar-refractivity contribution in [2.24, 2.45) is 0 Å². The molecule has 1 aromatic carbocycles. The summed E-state index contributed by atoms with van der Waals surface area (Å²) in [5.74, 6) is 0. The van der Waals surface area contributed by atoms with Crippen LogP contribution in [0.3, 0.4) is 0 Å². The molecule has 0 bridgehead atoms. The molecular weight excluding hydrogens is 260 g/mol. The lowest BCUT2D eigenvalue weighted by Crippen LogP contribution is -2.49. The van der Waals surface area contributed by atoms with Crippen molar-refractivity contribution in [3.05, 3.63) is 29.8 Å². The summed E-state index contributed by atoms with van der Waals surface area (Å²) in [5.41, 5.74) is 2.24. The number of unbranched alkanes of at least 4 members (excludes halogenated alkanes) is 1. The summed E-state index contributed by atoms with van der Waals surface area (Å²) in [7, 11) is 0. The molecule has 2 rings (SSSR count). The van der Waals surface area contributed by atoms with E-state index in [1.807, 2.05) is 17.0 Å². The minimum Gasteiger partial charge on any atom is -0.319 e. The maximum atomic E-state index is 12.5. The average Bonchev–Trinajstić information content (AvgIpc) is 2.46. The molecule has 0 saturated carbocycles. The van der Waals surface area contributed by atoms with Crippen molar-refractivity contribution in [1.29, 1.82) is 0 Å². The van der Waals surface area contributed by atoms with Gasteiger partial charge in [-0.05, 0) is 63.6 Å². The summed E-state index contributed by atoms with van der Waals surface area (Å²) in [6.45, 7) is 6.49. The van der Waals surface area contributed by atoms with Crippen LogP contribution >= 0.6 is 0 Å². The summed E-state index contributed by atoms with van der Waals surface area (Å²) < 4.78 is 0. The van der Waals surface area contributed by atoms with E-state index in [9.17, 15) is 4.79 Å². The van der Waals surface area contributed by atoms with E-state index in [4.69, 9.17) is 0 Å². The molecule has 1 fully saturated rings. The topological polar surface area (TPSA) is 32.3 Å². The van der Waals surface area contributed by atoms with Crippen molar-refractivity contribution < 1.29 is 4.79 Å². The second-order valence-corrected chi connectivity index (χ2v) is 6.27. The number of nitrogens with one attached hydrogen (secondary N) is 1. The number of benzene rings is 1. The molecule has 0 aromatic heterocycles. The molecule has 116 valence electrons. The van der Waals surface area contributed by atoms with Gasteiger partial charge in [0.15, 0.2) is 0 Å². The van der Waals surface area contributed by atoms with Gasteiger partial charge in [0.1, 0.15) is 0 Å². The molecule has 0 radical (unpaired) electrons. The van der Waals surface area contributed by atoms with Crippen LogP contribution in [-0.2, 0) is 6.42 Å². The molecule has 1 heterocycles. The van der Waals surface area contributed by atoms with Crippen molar-refractivity contribution in [3.63, 3.8) is 0 Å². The standard InChI is InChI=1S/C18H28N2O/c1-4-5-9-16-10-12-17(13-11-16)19-18(21)20-14(2)7-6-8-15(20)3/h10-15H,4-9H2,1-3H3,(H,19,21)/t14-,15+. The molecule has 3 nitrogen and oxygen atoms in total. The Morgan fingerprint density at radius 3 is 2.38 bits per heavy atom. The van der Waals surface area contributed by atoms with Crippen molar-refractivity contribution in [1.82, 2.24) is 4.90 Å². The molecule has 0 aliphatic carbocycles. The number of hydrogen-bond acceptors (Lipinski definition) is 1. The van der Waals surface area contributed by atoms with Crippen molar-refractivity contribution in [3.8, 4) is 0 Å². The first-order chi connectivity index (χ1) is 10.1. The van der Waals surface area contributed by atoms with E-state index in [0.717, 1.165) is 24.9 Å². The zero-order valence-corrected chi connectivity index (χ0v) is 13.6. The molecule has 3 heteroatoms. The van der Waals surface area contributed by atoms with Gasteiger partial charge in [0.05, 0.1) is 0 Å². The number of piperidine rings is 1. The van der Waals surface area contributed by atoms with Gasteiger partial charge in [0.2, 0.25) is 0 Å². The number of hydrogen-bond donors (Lipinski definition) is 1. The third kappa shape index (κ3) is 4.23. The highest BCUT2D eigenvalue weighted by Gasteiger charge is 2.28. The maximum Gasteiger partial charge on any atom is 0.322 e. The van der Waals surface area contributed by atoms with Gasteiger partial charge >= 0.3 is 6.03 Å². The molecule has 2 amide bonds. The quantitative estimate of drug-likeness (QED) is 0.846. The van der Waals surface area contributed by atoms with E-state index >= 15 is 0 Å². The lowest BCUT2D eigenvalue weighted by atomic mass is 9.98. The molecule has 21 heavy (non-hydrogen) atoms. The summed E-state index contributed by atoms with van der Waals surface area (Å²) in [6, 6.07) is 8.97. The van der Waals surface area contributed by atoms with Gasteiger partial charge in [-0.1, -0.05) is 25.5 Å². The zero-order valence-electron chi connectivity index (χ0n) is 13.6. The van der Waals surface area contributed by atoms with Gasteiger partial charge in [-0.2, -0.15) is 0 Å². The van der Waals surface area contributed by atoms with Crippen LogP contribution in [0.15, 0.2) is 24.3 Å². The van der Waals surface area contributed by atoms with Gasteiger partial charge in [0.25, 0.3) is 0 Å². The third-order valence-electron chi connectivity index (χ3n) is 4.45. The lowest BCUT2D eigenvalue weighted by molar-refractivity contribution is 0.133. The Morgan fingerprint density at radius 2 is 1.81 bits per heavy atom. The van der Waals surface area contributed by atoms with Gasteiger partial charge in [-0.3, -0.25) is 0 Å². The Bertz CT molecular complexity index is 445. The Labute approximate surface area is 128 Å². The van der Waals surface area contributed by atoms with Crippen LogP contribution in [0.4, 0.5) is 10.5 Å². The van der Waals surface area contributed by atoms with Crippen LogP contribution in [0.25, 0.3) is 0 Å². The fraction of sp³-hybridized carbons (Fsp3) is 0.611. The molecule has 1 N–H and O–H groups in total. The molecule has 2 atom stereocenters. The predicted octanol–water partition coefficient (Wildman–Crippen LogP) is 4.82. The van der Waals surface area contributed by atoms with E-state index in [1.54, 1.807) is 0 Å². The predicted molar refractivity (Wildman–Crippen MR) is 88.7 cm³/mol. The minimum atomic E-state index is 0.0380. The van der Waals surface area contributed by atoms with Gasteiger partial charge in [-0.15, -0.1) is 0 Å². The molecule has 1 aliphatic rings. The van der Waals surface area contributed by atoms with E-state index in [1.165, 1.54) is 24.8 Å². The first kappa shape index (κ1) is 15.9. The number of amides is 2. The Balaban J connectivity index is 1.95. The van der Waals surface area contributed by atoms with Crippen LogP contribution in [0.5, 0.6) is 0 Å². The normalized spacial score (nSPS) is 22.1. The second-order valence-electron chi connectivity index (χ2n) is 6.27. The first-order valence-corrected chi connectivity index (χ1v) is 8.30. The van der Waals surface area contributed by atoms with Gasteiger partial charge in [-0.25, -0.2) is 4.79 Å². The highest BCUT2D eigenvalue weighted by Crippen LogP contribution is 2.23. The summed E-state index contributed by atoms with van der Waals surface area (Å²) in [5, 5.41) is 3.04. The van der Waals surface area contributed by atoms with Crippen molar-refractivity contribution in [2.75, 3.05) is 5.32 Å². The number of aryl methyl sites for hydroxylation is 1. The van der Waals surface area contributed by atoms with Crippen LogP contribution in [0, 0.1) is 0 Å². The first-order valence-electron chi connectivity index (χ1n) is 8.30. The molecule has 0 unspecified atom stereocenters. The van der Waals surface area contributed by atoms with Crippen molar-refractivity contribution in [2.45, 2.75) is 71.4 Å². The third-order valence-corrected chi connectivity index (χ3v) is 4.45. The highest BCUT2D eigenvalue weighted by atomic mass is 16.2. The van der Waals surface area contributed by atoms with Gasteiger partial charge in [0, 0.05) is 17.8 Å². The van der Waals surface area contributed by atoms with Crippen LogP contribution < -0.4 is 5.32 Å². The number of rotatable bonds is 4. The number of carbonyl (C=O) groups is 1. The molecule has 1 aliphatic heterocycles. The molecular formula is C18H28N2O. The fourth-order valence-electron chi connectivity index (χ4n) is 3.15. The number of anilines is 1. The van der Waals surface area contributed by atoms with Crippen LogP contribution in [-0.4, -0.2) is 23.0 Å². The van der Waals surface area contributed by atoms with E-state index in [2.05, 4.69) is 38.2 Å². The summed E-state index contributed by atoms with van der Waals surface area (Å²) in [6.07, 6.45) is 6.97. The monoisotopic (exact) mass is 288 g/mol. The Morgan fingerprint density at radius 1 is 1.19 bits per heavy atom. The fourth-order valence-corrected chi connectivity index (χ4v) is 3.15. The second kappa shape index (κ2) is 7.48. The number of carbonyl (C=O) groups excluding carboxylic acids is 1. The maximum absolute atomic E-state index is 12.5. The number of urea groups is 1. The highest BCUT2D eigenvalue weighted by molar-refractivity contribution is 5.89.